The smallest absolute Gasteiger partial charge is 0.374 e. The number of carbonyl (C=O) groups excluding carboxylic acids is 2. The van der Waals surface area contributed by atoms with Gasteiger partial charge in [0.15, 0.2) is 0 Å². The predicted molar refractivity (Wildman–Crippen MR) is 31.7 cm³/mol. The summed E-state index contributed by atoms with van der Waals surface area (Å²) in [6.45, 7) is -0.195. The summed E-state index contributed by atoms with van der Waals surface area (Å²) in [6.07, 6.45) is -0.242. The van der Waals surface area contributed by atoms with Gasteiger partial charge in [-0.05, 0) is 0 Å². The number of rotatable bonds is 1. The molecule has 0 saturated carbocycles. The van der Waals surface area contributed by atoms with Crippen molar-refractivity contribution >= 4 is 17.7 Å². The molecule has 1 atom stereocenters. The summed E-state index contributed by atoms with van der Waals surface area (Å²) < 4.78 is 4.29. The van der Waals surface area contributed by atoms with Gasteiger partial charge in [-0.1, -0.05) is 0 Å². The van der Waals surface area contributed by atoms with E-state index in [1.54, 1.807) is 0 Å². The van der Waals surface area contributed by atoms with Gasteiger partial charge in [0.1, 0.15) is 6.61 Å². The number of cyclic esters (lactones) is 1. The van der Waals surface area contributed by atoms with E-state index in [9.17, 15) is 14.4 Å². The standard InChI is InChI=1S/C6H6O5/c7-4-1-3(5(8)9)2-11-6(4)10/h3H,1-2H2,(H,8,9). The summed E-state index contributed by atoms with van der Waals surface area (Å²) in [4.78, 5) is 31.2. The van der Waals surface area contributed by atoms with Crippen molar-refractivity contribution in [3.8, 4) is 0 Å². The number of Topliss-reactive ketones (excluding diaryl/α,β-unsaturated/α-hetero) is 1. The van der Waals surface area contributed by atoms with Crippen molar-refractivity contribution in [1.82, 2.24) is 0 Å². The molecule has 60 valence electrons. The number of esters is 1. The molecule has 1 fully saturated rings. The number of carboxylic acid groups (broad SMARTS) is 1. The van der Waals surface area contributed by atoms with E-state index in [0.29, 0.717) is 0 Å². The second kappa shape index (κ2) is 2.69. The maximum Gasteiger partial charge on any atom is 0.374 e. The summed E-state index contributed by atoms with van der Waals surface area (Å²) in [5.74, 6) is -3.66. The van der Waals surface area contributed by atoms with E-state index in [0.717, 1.165) is 0 Å². The average Bonchev–Trinajstić information content (AvgIpc) is 1.94. The maximum absolute atomic E-state index is 10.6. The van der Waals surface area contributed by atoms with Crippen LogP contribution >= 0.6 is 0 Å². The van der Waals surface area contributed by atoms with Crippen LogP contribution in [0, 0.1) is 5.92 Å². The molecule has 0 aromatic carbocycles. The van der Waals surface area contributed by atoms with Crippen LogP contribution in [0.25, 0.3) is 0 Å². The van der Waals surface area contributed by atoms with E-state index in [-0.39, 0.29) is 13.0 Å². The summed E-state index contributed by atoms with van der Waals surface area (Å²) in [5.41, 5.74) is 0. The lowest BCUT2D eigenvalue weighted by atomic mass is 10.0. The topological polar surface area (TPSA) is 80.7 Å². The van der Waals surface area contributed by atoms with Crippen LogP contribution in [-0.4, -0.2) is 29.4 Å². The highest BCUT2D eigenvalue weighted by atomic mass is 16.5. The van der Waals surface area contributed by atoms with Crippen LogP contribution in [0.1, 0.15) is 6.42 Å². The fourth-order valence-electron chi connectivity index (χ4n) is 0.781. The fourth-order valence-corrected chi connectivity index (χ4v) is 0.781. The summed E-state index contributed by atoms with van der Waals surface area (Å²) >= 11 is 0. The van der Waals surface area contributed by atoms with Crippen LogP contribution in [0.3, 0.4) is 0 Å². The van der Waals surface area contributed by atoms with Gasteiger partial charge >= 0.3 is 11.9 Å². The number of hydrogen-bond acceptors (Lipinski definition) is 4. The molecular formula is C6H6O5. The van der Waals surface area contributed by atoms with Crippen LogP contribution in [0.5, 0.6) is 0 Å². The first-order chi connectivity index (χ1) is 5.11. The molecular weight excluding hydrogens is 152 g/mol. The zero-order chi connectivity index (χ0) is 8.43. The normalized spacial score (nSPS) is 24.5. The van der Waals surface area contributed by atoms with Crippen LogP contribution in [0.4, 0.5) is 0 Å². The maximum atomic E-state index is 10.6. The van der Waals surface area contributed by atoms with Crippen LogP contribution in [-0.2, 0) is 19.1 Å². The average molecular weight is 158 g/mol. The Morgan fingerprint density at radius 3 is 2.64 bits per heavy atom. The largest absolute Gasteiger partial charge is 0.481 e. The molecule has 1 N–H and O–H groups in total. The highest BCUT2D eigenvalue weighted by Gasteiger charge is 2.32. The van der Waals surface area contributed by atoms with Crippen LogP contribution < -0.4 is 0 Å². The summed E-state index contributed by atoms with van der Waals surface area (Å²) in [7, 11) is 0. The monoisotopic (exact) mass is 158 g/mol. The van der Waals surface area contributed by atoms with Crippen molar-refractivity contribution in [3.05, 3.63) is 0 Å². The van der Waals surface area contributed by atoms with Crippen LogP contribution in [0.2, 0.25) is 0 Å². The Kier molecular flexibility index (Phi) is 1.89. The minimum Gasteiger partial charge on any atom is -0.481 e. The zero-order valence-electron chi connectivity index (χ0n) is 5.57. The number of hydrogen-bond donors (Lipinski definition) is 1. The molecule has 1 unspecified atom stereocenters. The van der Waals surface area contributed by atoms with Crippen molar-refractivity contribution in [2.45, 2.75) is 6.42 Å². The number of aliphatic carboxylic acids is 1. The molecule has 5 heteroatoms. The first kappa shape index (κ1) is 7.71. The summed E-state index contributed by atoms with van der Waals surface area (Å²) in [6, 6.07) is 0. The van der Waals surface area contributed by atoms with E-state index in [2.05, 4.69) is 4.74 Å². The SMILES string of the molecule is O=C1CC(C(=O)O)COC1=O. The van der Waals surface area contributed by atoms with E-state index in [1.807, 2.05) is 0 Å². The van der Waals surface area contributed by atoms with Crippen molar-refractivity contribution in [2.75, 3.05) is 6.61 Å². The molecule has 0 amide bonds. The highest BCUT2D eigenvalue weighted by molar-refractivity contribution is 6.34. The lowest BCUT2D eigenvalue weighted by Crippen LogP contribution is -2.34. The number of ketones is 1. The Labute approximate surface area is 62.0 Å². The molecule has 1 aliphatic rings. The first-order valence-corrected chi connectivity index (χ1v) is 3.04. The molecule has 11 heavy (non-hydrogen) atoms. The molecule has 0 aliphatic carbocycles. The number of carbonyl (C=O) groups is 3. The van der Waals surface area contributed by atoms with E-state index in [4.69, 9.17) is 5.11 Å². The highest BCUT2D eigenvalue weighted by Crippen LogP contribution is 2.11. The van der Waals surface area contributed by atoms with Gasteiger partial charge in [0.2, 0.25) is 5.78 Å². The van der Waals surface area contributed by atoms with Gasteiger partial charge in [-0.3, -0.25) is 9.59 Å². The van der Waals surface area contributed by atoms with E-state index < -0.39 is 23.6 Å². The number of ether oxygens (including phenoxy) is 1. The molecule has 0 spiro atoms. The van der Waals surface area contributed by atoms with Gasteiger partial charge in [-0.2, -0.15) is 0 Å². The third kappa shape index (κ3) is 1.54. The Morgan fingerprint density at radius 1 is 1.55 bits per heavy atom. The molecule has 5 nitrogen and oxygen atoms in total. The second-order valence-electron chi connectivity index (χ2n) is 2.26. The van der Waals surface area contributed by atoms with Gasteiger partial charge in [-0.25, -0.2) is 4.79 Å². The molecule has 1 saturated heterocycles. The van der Waals surface area contributed by atoms with E-state index in [1.165, 1.54) is 0 Å². The second-order valence-corrected chi connectivity index (χ2v) is 2.26. The Bertz CT molecular complexity index is 219. The first-order valence-electron chi connectivity index (χ1n) is 3.04. The fraction of sp³-hybridized carbons (Fsp3) is 0.500. The third-order valence-corrected chi connectivity index (χ3v) is 1.42. The quantitative estimate of drug-likeness (QED) is 0.399. The molecule has 1 rings (SSSR count). The minimum atomic E-state index is -1.11. The Hall–Kier alpha value is -1.39. The van der Waals surface area contributed by atoms with Gasteiger partial charge < -0.3 is 9.84 Å². The van der Waals surface area contributed by atoms with Crippen LogP contribution in [0.15, 0.2) is 0 Å². The molecule has 0 aromatic heterocycles. The minimum absolute atomic E-state index is 0.195. The van der Waals surface area contributed by atoms with Gasteiger partial charge in [0.25, 0.3) is 0 Å². The van der Waals surface area contributed by atoms with Crippen molar-refractivity contribution in [2.24, 2.45) is 5.92 Å². The van der Waals surface area contributed by atoms with Crippen molar-refractivity contribution in [1.29, 1.82) is 0 Å². The lowest BCUT2D eigenvalue weighted by molar-refractivity contribution is -0.164. The lowest BCUT2D eigenvalue weighted by Gasteiger charge is -2.15. The zero-order valence-corrected chi connectivity index (χ0v) is 5.57. The van der Waals surface area contributed by atoms with Gasteiger partial charge in [0, 0.05) is 6.42 Å². The Balaban J connectivity index is 2.60. The molecule has 0 aromatic rings. The predicted octanol–water partition coefficient (Wildman–Crippen LogP) is -0.797. The van der Waals surface area contributed by atoms with Crippen molar-refractivity contribution < 1.29 is 24.2 Å². The van der Waals surface area contributed by atoms with E-state index >= 15 is 0 Å². The van der Waals surface area contributed by atoms with Crippen molar-refractivity contribution in [3.63, 3.8) is 0 Å². The molecule has 1 aliphatic heterocycles. The molecule has 0 radical (unpaired) electrons. The van der Waals surface area contributed by atoms with Gasteiger partial charge in [0.05, 0.1) is 5.92 Å². The summed E-state index contributed by atoms with van der Waals surface area (Å²) in [5, 5.41) is 8.40. The molecule has 1 heterocycles. The Morgan fingerprint density at radius 2 is 2.18 bits per heavy atom. The third-order valence-electron chi connectivity index (χ3n) is 1.42. The van der Waals surface area contributed by atoms with Gasteiger partial charge in [-0.15, -0.1) is 0 Å². The number of carboxylic acids is 1. The molecule has 0 bridgehead atoms.